The number of methoxy groups -OCH3 is 1. The largest absolute Gasteiger partial charge is 0.469 e. The summed E-state index contributed by atoms with van der Waals surface area (Å²) in [5.74, 6) is 0.711. The summed E-state index contributed by atoms with van der Waals surface area (Å²) in [5, 5.41) is 0. The first-order valence-electron chi connectivity index (χ1n) is 4.95. The van der Waals surface area contributed by atoms with Gasteiger partial charge in [0.1, 0.15) is 5.78 Å². The fraction of sp³-hybridized carbons (Fsp3) is 0.818. The maximum absolute atomic E-state index is 11.1. The molecule has 0 amide bonds. The van der Waals surface area contributed by atoms with Gasteiger partial charge < -0.3 is 9.53 Å². The van der Waals surface area contributed by atoms with Crippen LogP contribution in [0.4, 0.5) is 0 Å². The summed E-state index contributed by atoms with van der Waals surface area (Å²) in [5.41, 5.74) is 0.125. The normalized spacial score (nSPS) is 28.3. The van der Waals surface area contributed by atoms with Gasteiger partial charge in [0.25, 0.3) is 0 Å². The standard InChI is InChI=1S/C11H18O3/c1-7(12)5-8-9(11(8,2)3)6-10(13)14-4/h8-9H,5-6H2,1-4H3/t8-,9-/m0/s1. The Hall–Kier alpha value is -0.860. The number of ketones is 1. The number of hydrogen-bond donors (Lipinski definition) is 0. The van der Waals surface area contributed by atoms with E-state index in [0.717, 1.165) is 0 Å². The second-order valence-corrected chi connectivity index (χ2v) is 4.72. The second kappa shape index (κ2) is 3.71. The van der Waals surface area contributed by atoms with Gasteiger partial charge in [-0.15, -0.1) is 0 Å². The lowest BCUT2D eigenvalue weighted by molar-refractivity contribution is -0.141. The first-order chi connectivity index (χ1) is 6.39. The molecular weight excluding hydrogens is 180 g/mol. The van der Waals surface area contributed by atoms with Crippen LogP contribution in [0.5, 0.6) is 0 Å². The zero-order valence-corrected chi connectivity index (χ0v) is 9.29. The summed E-state index contributed by atoms with van der Waals surface area (Å²) >= 11 is 0. The maximum Gasteiger partial charge on any atom is 0.305 e. The average Bonchev–Trinajstić information content (AvgIpc) is 2.55. The van der Waals surface area contributed by atoms with Crippen molar-refractivity contribution in [2.75, 3.05) is 7.11 Å². The van der Waals surface area contributed by atoms with Gasteiger partial charge in [0.2, 0.25) is 0 Å². The van der Waals surface area contributed by atoms with E-state index in [0.29, 0.717) is 24.7 Å². The minimum absolute atomic E-state index is 0.125. The van der Waals surface area contributed by atoms with E-state index in [2.05, 4.69) is 18.6 Å². The van der Waals surface area contributed by atoms with E-state index in [-0.39, 0.29) is 17.2 Å². The molecular formula is C11H18O3. The minimum Gasteiger partial charge on any atom is -0.469 e. The highest BCUT2D eigenvalue weighted by atomic mass is 16.5. The number of carbonyl (C=O) groups is 2. The van der Waals surface area contributed by atoms with Crippen LogP contribution in [0.15, 0.2) is 0 Å². The Morgan fingerprint density at radius 1 is 1.21 bits per heavy atom. The predicted octanol–water partition coefficient (Wildman–Crippen LogP) is 1.80. The van der Waals surface area contributed by atoms with Gasteiger partial charge >= 0.3 is 5.97 Å². The van der Waals surface area contributed by atoms with E-state index in [1.54, 1.807) is 6.92 Å². The quantitative estimate of drug-likeness (QED) is 0.647. The Labute approximate surface area is 84.8 Å². The third-order valence-electron chi connectivity index (χ3n) is 3.41. The molecule has 0 spiro atoms. The van der Waals surface area contributed by atoms with Crippen molar-refractivity contribution >= 4 is 11.8 Å². The Balaban J connectivity index is 2.48. The molecule has 1 aliphatic rings. The van der Waals surface area contributed by atoms with Crippen LogP contribution in [-0.4, -0.2) is 18.9 Å². The van der Waals surface area contributed by atoms with E-state index in [1.807, 2.05) is 0 Å². The van der Waals surface area contributed by atoms with Crippen LogP contribution < -0.4 is 0 Å². The number of ether oxygens (including phenoxy) is 1. The van der Waals surface area contributed by atoms with Crippen molar-refractivity contribution in [2.45, 2.75) is 33.6 Å². The fourth-order valence-electron chi connectivity index (χ4n) is 2.24. The lowest BCUT2D eigenvalue weighted by Crippen LogP contribution is -2.03. The fourth-order valence-corrected chi connectivity index (χ4v) is 2.24. The Morgan fingerprint density at radius 3 is 2.14 bits per heavy atom. The van der Waals surface area contributed by atoms with Crippen LogP contribution >= 0.6 is 0 Å². The molecule has 0 saturated heterocycles. The van der Waals surface area contributed by atoms with Crippen molar-refractivity contribution in [1.29, 1.82) is 0 Å². The molecule has 14 heavy (non-hydrogen) atoms. The topological polar surface area (TPSA) is 43.4 Å². The van der Waals surface area contributed by atoms with Crippen LogP contribution in [0.2, 0.25) is 0 Å². The Bertz CT molecular complexity index is 255. The van der Waals surface area contributed by atoms with Gasteiger partial charge in [-0.1, -0.05) is 13.8 Å². The molecule has 0 aliphatic heterocycles. The van der Waals surface area contributed by atoms with E-state index in [9.17, 15) is 9.59 Å². The first kappa shape index (κ1) is 11.2. The molecule has 0 heterocycles. The molecule has 0 N–H and O–H groups in total. The molecule has 0 radical (unpaired) electrons. The van der Waals surface area contributed by atoms with E-state index >= 15 is 0 Å². The second-order valence-electron chi connectivity index (χ2n) is 4.72. The van der Waals surface area contributed by atoms with Crippen molar-refractivity contribution in [1.82, 2.24) is 0 Å². The molecule has 3 heteroatoms. The van der Waals surface area contributed by atoms with Crippen LogP contribution in [-0.2, 0) is 14.3 Å². The van der Waals surface area contributed by atoms with Crippen molar-refractivity contribution in [2.24, 2.45) is 17.3 Å². The maximum atomic E-state index is 11.1. The molecule has 80 valence electrons. The molecule has 1 rings (SSSR count). The Morgan fingerprint density at radius 2 is 1.71 bits per heavy atom. The van der Waals surface area contributed by atoms with Gasteiger partial charge in [-0.2, -0.15) is 0 Å². The third kappa shape index (κ3) is 2.14. The monoisotopic (exact) mass is 198 g/mol. The lowest BCUT2D eigenvalue weighted by Gasteiger charge is -2.00. The molecule has 1 fully saturated rings. The minimum atomic E-state index is -0.172. The highest BCUT2D eigenvalue weighted by molar-refractivity contribution is 5.77. The van der Waals surface area contributed by atoms with Crippen LogP contribution in [0, 0.1) is 17.3 Å². The molecule has 0 aromatic heterocycles. The number of hydrogen-bond acceptors (Lipinski definition) is 3. The summed E-state index contributed by atoms with van der Waals surface area (Å²) < 4.78 is 4.62. The van der Waals surface area contributed by atoms with Crippen molar-refractivity contribution < 1.29 is 14.3 Å². The summed E-state index contributed by atoms with van der Waals surface area (Å²) in [7, 11) is 1.40. The SMILES string of the molecule is COC(=O)C[C@H]1[C@H](CC(C)=O)C1(C)C. The summed E-state index contributed by atoms with van der Waals surface area (Å²) in [6, 6.07) is 0. The molecule has 1 saturated carbocycles. The third-order valence-corrected chi connectivity index (χ3v) is 3.41. The van der Waals surface area contributed by atoms with Gasteiger partial charge in [-0.25, -0.2) is 0 Å². The predicted molar refractivity (Wildman–Crippen MR) is 52.7 cm³/mol. The number of Topliss-reactive ketones (excluding diaryl/α,β-unsaturated/α-hetero) is 1. The van der Waals surface area contributed by atoms with Gasteiger partial charge in [0.15, 0.2) is 0 Å². The molecule has 1 aliphatic carbocycles. The van der Waals surface area contributed by atoms with Gasteiger partial charge in [0.05, 0.1) is 7.11 Å². The first-order valence-corrected chi connectivity index (χ1v) is 4.95. The van der Waals surface area contributed by atoms with Crippen LogP contribution in [0.25, 0.3) is 0 Å². The van der Waals surface area contributed by atoms with Crippen LogP contribution in [0.3, 0.4) is 0 Å². The Kier molecular flexibility index (Phi) is 2.98. The molecule has 0 aromatic rings. The van der Waals surface area contributed by atoms with Crippen molar-refractivity contribution in [3.8, 4) is 0 Å². The van der Waals surface area contributed by atoms with E-state index in [1.165, 1.54) is 7.11 Å². The van der Waals surface area contributed by atoms with Crippen molar-refractivity contribution in [3.05, 3.63) is 0 Å². The molecule has 2 atom stereocenters. The van der Waals surface area contributed by atoms with E-state index in [4.69, 9.17) is 0 Å². The number of esters is 1. The molecule has 0 unspecified atom stereocenters. The van der Waals surface area contributed by atoms with Crippen molar-refractivity contribution in [3.63, 3.8) is 0 Å². The molecule has 0 aromatic carbocycles. The summed E-state index contributed by atoms with van der Waals surface area (Å²) in [6.07, 6.45) is 1.04. The smallest absolute Gasteiger partial charge is 0.305 e. The number of carbonyl (C=O) groups excluding carboxylic acids is 2. The van der Waals surface area contributed by atoms with Crippen LogP contribution in [0.1, 0.15) is 33.6 Å². The summed E-state index contributed by atoms with van der Waals surface area (Å²) in [6.45, 7) is 5.81. The average molecular weight is 198 g/mol. The number of rotatable bonds is 4. The van der Waals surface area contributed by atoms with E-state index < -0.39 is 0 Å². The highest BCUT2D eigenvalue weighted by Crippen LogP contribution is 2.61. The van der Waals surface area contributed by atoms with Gasteiger partial charge in [-0.05, 0) is 24.2 Å². The molecule has 0 bridgehead atoms. The summed E-state index contributed by atoms with van der Waals surface area (Å²) in [4.78, 5) is 22.0. The highest BCUT2D eigenvalue weighted by Gasteiger charge is 2.57. The zero-order valence-electron chi connectivity index (χ0n) is 9.29. The van der Waals surface area contributed by atoms with Gasteiger partial charge in [-0.3, -0.25) is 4.79 Å². The zero-order chi connectivity index (χ0) is 10.9. The lowest BCUT2D eigenvalue weighted by atomic mass is 10.1. The molecule has 3 nitrogen and oxygen atoms in total. The van der Waals surface area contributed by atoms with Gasteiger partial charge in [0, 0.05) is 12.8 Å².